The van der Waals surface area contributed by atoms with E-state index < -0.39 is 5.91 Å². The molecule has 0 radical (unpaired) electrons. The fraction of sp³-hybridized carbons (Fsp3) is 0.125. The largest absolute Gasteiger partial charge is 0.325 e. The summed E-state index contributed by atoms with van der Waals surface area (Å²) >= 11 is 5.78. The standard InChI is InChI=1S/C8H7ClN4O/c9-6-3-1-2-4-7(6)12-8(14)5-11-13-10/h1-4H,5H2,(H,12,14). The van der Waals surface area contributed by atoms with Gasteiger partial charge in [-0.25, -0.2) is 0 Å². The van der Waals surface area contributed by atoms with Crippen molar-refractivity contribution in [3.63, 3.8) is 0 Å². The molecule has 0 aliphatic rings. The molecule has 6 heteroatoms. The molecule has 0 aliphatic heterocycles. The summed E-state index contributed by atoms with van der Waals surface area (Å²) in [6.07, 6.45) is 0. The van der Waals surface area contributed by atoms with Crippen LogP contribution in [-0.4, -0.2) is 12.5 Å². The number of amides is 1. The number of azide groups is 1. The summed E-state index contributed by atoms with van der Waals surface area (Å²) in [5.74, 6) is -0.393. The van der Waals surface area contributed by atoms with Gasteiger partial charge in [0.05, 0.1) is 10.7 Å². The molecule has 0 saturated heterocycles. The van der Waals surface area contributed by atoms with Crippen LogP contribution in [-0.2, 0) is 4.79 Å². The van der Waals surface area contributed by atoms with Crippen LogP contribution in [0.2, 0.25) is 5.02 Å². The Bertz CT molecular complexity index is 387. The molecule has 1 aromatic rings. The Morgan fingerprint density at radius 1 is 1.57 bits per heavy atom. The smallest absolute Gasteiger partial charge is 0.230 e. The Morgan fingerprint density at radius 3 is 2.93 bits per heavy atom. The zero-order valence-corrected chi connectivity index (χ0v) is 7.90. The molecule has 0 atom stereocenters. The number of nitrogens with one attached hydrogen (secondary N) is 1. The number of rotatable bonds is 3. The Labute approximate surface area is 85.3 Å². The lowest BCUT2D eigenvalue weighted by Gasteiger charge is -2.04. The van der Waals surface area contributed by atoms with Gasteiger partial charge >= 0.3 is 0 Å². The van der Waals surface area contributed by atoms with Crippen LogP contribution in [0.4, 0.5) is 5.69 Å². The van der Waals surface area contributed by atoms with E-state index in [2.05, 4.69) is 15.3 Å². The van der Waals surface area contributed by atoms with Crippen molar-refractivity contribution in [3.8, 4) is 0 Å². The maximum absolute atomic E-state index is 11.1. The van der Waals surface area contributed by atoms with Gasteiger partial charge in [0.25, 0.3) is 0 Å². The molecular weight excluding hydrogens is 204 g/mol. The van der Waals surface area contributed by atoms with Gasteiger partial charge in [-0.3, -0.25) is 4.79 Å². The highest BCUT2D eigenvalue weighted by molar-refractivity contribution is 6.33. The molecule has 14 heavy (non-hydrogen) atoms. The van der Waals surface area contributed by atoms with Crippen molar-refractivity contribution in [3.05, 3.63) is 39.7 Å². The summed E-state index contributed by atoms with van der Waals surface area (Å²) in [6, 6.07) is 6.82. The van der Waals surface area contributed by atoms with Crippen molar-refractivity contribution in [1.29, 1.82) is 0 Å². The minimum absolute atomic E-state index is 0.234. The number of halogens is 1. The van der Waals surface area contributed by atoms with Crippen molar-refractivity contribution < 1.29 is 4.79 Å². The van der Waals surface area contributed by atoms with Gasteiger partial charge in [0, 0.05) is 4.91 Å². The van der Waals surface area contributed by atoms with Gasteiger partial charge in [-0.2, -0.15) is 0 Å². The lowest BCUT2D eigenvalue weighted by molar-refractivity contribution is -0.114. The highest BCUT2D eigenvalue weighted by Gasteiger charge is 2.02. The van der Waals surface area contributed by atoms with E-state index in [0.29, 0.717) is 10.7 Å². The van der Waals surface area contributed by atoms with Gasteiger partial charge in [-0.1, -0.05) is 28.8 Å². The summed E-state index contributed by atoms with van der Waals surface area (Å²) in [5.41, 5.74) is 8.49. The summed E-state index contributed by atoms with van der Waals surface area (Å²) in [6.45, 7) is -0.234. The van der Waals surface area contributed by atoms with Gasteiger partial charge in [0.1, 0.15) is 6.54 Å². The lowest BCUT2D eigenvalue weighted by Crippen LogP contribution is -2.14. The van der Waals surface area contributed by atoms with Gasteiger partial charge in [-0.15, -0.1) is 0 Å². The quantitative estimate of drug-likeness (QED) is 0.465. The monoisotopic (exact) mass is 210 g/mol. The Balaban J connectivity index is 2.65. The lowest BCUT2D eigenvalue weighted by atomic mass is 10.3. The van der Waals surface area contributed by atoms with Crippen LogP contribution < -0.4 is 5.32 Å². The molecule has 1 rings (SSSR count). The molecule has 0 aliphatic carbocycles. The molecule has 0 fully saturated rings. The van der Waals surface area contributed by atoms with Gasteiger partial charge in [0.15, 0.2) is 0 Å². The summed E-state index contributed by atoms with van der Waals surface area (Å²) in [7, 11) is 0. The van der Waals surface area contributed by atoms with E-state index in [9.17, 15) is 4.79 Å². The average Bonchev–Trinajstić information content (AvgIpc) is 2.18. The first kappa shape index (κ1) is 10.4. The first-order valence-corrected chi connectivity index (χ1v) is 4.17. The normalized spacial score (nSPS) is 8.93. The number of benzene rings is 1. The SMILES string of the molecule is [N-]=[N+]=NCC(=O)Nc1ccccc1Cl. The molecule has 0 saturated carbocycles. The van der Waals surface area contributed by atoms with E-state index in [-0.39, 0.29) is 6.54 Å². The number of para-hydroxylation sites is 1. The first-order valence-electron chi connectivity index (χ1n) is 3.79. The van der Waals surface area contributed by atoms with Gasteiger partial charge < -0.3 is 5.32 Å². The topological polar surface area (TPSA) is 77.9 Å². The van der Waals surface area contributed by atoms with Crippen molar-refractivity contribution >= 4 is 23.2 Å². The van der Waals surface area contributed by atoms with Crippen molar-refractivity contribution in [2.24, 2.45) is 5.11 Å². The third-order valence-corrected chi connectivity index (χ3v) is 1.76. The van der Waals surface area contributed by atoms with Crippen molar-refractivity contribution in [1.82, 2.24) is 0 Å². The average molecular weight is 211 g/mol. The molecule has 5 nitrogen and oxygen atoms in total. The van der Waals surface area contributed by atoms with E-state index in [4.69, 9.17) is 17.1 Å². The van der Waals surface area contributed by atoms with Crippen LogP contribution in [0.1, 0.15) is 0 Å². The molecule has 0 bridgehead atoms. The van der Waals surface area contributed by atoms with Crippen LogP contribution >= 0.6 is 11.6 Å². The maximum Gasteiger partial charge on any atom is 0.230 e. The Morgan fingerprint density at radius 2 is 2.29 bits per heavy atom. The van der Waals surface area contributed by atoms with E-state index in [1.165, 1.54) is 0 Å². The second-order valence-corrected chi connectivity index (χ2v) is 2.82. The number of carbonyl (C=O) groups is 1. The first-order chi connectivity index (χ1) is 6.74. The molecule has 0 unspecified atom stereocenters. The maximum atomic E-state index is 11.1. The van der Waals surface area contributed by atoms with E-state index >= 15 is 0 Å². The molecular formula is C8H7ClN4O. The predicted octanol–water partition coefficient (Wildman–Crippen LogP) is 2.59. The van der Waals surface area contributed by atoms with Crippen molar-refractivity contribution in [2.75, 3.05) is 11.9 Å². The van der Waals surface area contributed by atoms with E-state index in [1.54, 1.807) is 24.3 Å². The second kappa shape index (κ2) is 5.11. The summed E-state index contributed by atoms with van der Waals surface area (Å²) in [4.78, 5) is 13.6. The molecule has 1 aromatic carbocycles. The minimum Gasteiger partial charge on any atom is -0.325 e. The number of hydrogen-bond acceptors (Lipinski definition) is 2. The Kier molecular flexibility index (Phi) is 3.79. The highest BCUT2D eigenvalue weighted by Crippen LogP contribution is 2.19. The molecule has 0 heterocycles. The van der Waals surface area contributed by atoms with Crippen LogP contribution in [0.25, 0.3) is 10.4 Å². The third-order valence-electron chi connectivity index (χ3n) is 1.43. The fourth-order valence-corrected chi connectivity index (χ4v) is 1.03. The van der Waals surface area contributed by atoms with Crippen LogP contribution in [0.3, 0.4) is 0 Å². The minimum atomic E-state index is -0.393. The zero-order valence-electron chi connectivity index (χ0n) is 7.14. The second-order valence-electron chi connectivity index (χ2n) is 2.42. The van der Waals surface area contributed by atoms with E-state index in [1.807, 2.05) is 0 Å². The van der Waals surface area contributed by atoms with Crippen molar-refractivity contribution in [2.45, 2.75) is 0 Å². The Hall–Kier alpha value is -1.71. The third kappa shape index (κ3) is 2.97. The van der Waals surface area contributed by atoms with Crippen LogP contribution in [0, 0.1) is 0 Å². The molecule has 0 spiro atoms. The highest BCUT2D eigenvalue weighted by atomic mass is 35.5. The molecule has 72 valence electrons. The zero-order chi connectivity index (χ0) is 10.4. The number of anilines is 1. The van der Waals surface area contributed by atoms with Crippen LogP contribution in [0.5, 0.6) is 0 Å². The summed E-state index contributed by atoms with van der Waals surface area (Å²) in [5, 5.41) is 6.08. The molecule has 1 N–H and O–H groups in total. The van der Waals surface area contributed by atoms with Crippen LogP contribution in [0.15, 0.2) is 29.4 Å². The van der Waals surface area contributed by atoms with Gasteiger partial charge in [0.2, 0.25) is 5.91 Å². The van der Waals surface area contributed by atoms with E-state index in [0.717, 1.165) is 0 Å². The van der Waals surface area contributed by atoms with Gasteiger partial charge in [-0.05, 0) is 17.7 Å². The molecule has 1 amide bonds. The fourth-order valence-electron chi connectivity index (χ4n) is 0.848. The predicted molar refractivity (Wildman–Crippen MR) is 54.1 cm³/mol. The number of carbonyl (C=O) groups excluding carboxylic acids is 1. The number of hydrogen-bond donors (Lipinski definition) is 1. The number of nitrogens with zero attached hydrogens (tertiary/aromatic N) is 3. The molecule has 0 aromatic heterocycles. The summed E-state index contributed by atoms with van der Waals surface area (Å²) < 4.78 is 0.